The van der Waals surface area contributed by atoms with Gasteiger partial charge in [-0.1, -0.05) is 20.8 Å². The van der Waals surface area contributed by atoms with Gasteiger partial charge in [-0.3, -0.25) is 4.79 Å². The maximum absolute atomic E-state index is 10.9. The van der Waals surface area contributed by atoms with Gasteiger partial charge in [-0.2, -0.15) is 0 Å². The second kappa shape index (κ2) is 3.59. The Kier molecular flexibility index (Phi) is 3.40. The normalized spacial score (nSPS) is 11.2. The first-order valence-electron chi connectivity index (χ1n) is 3.59. The molecule has 0 aromatic carbocycles. The summed E-state index contributed by atoms with van der Waals surface area (Å²) >= 11 is 0. The minimum absolute atomic E-state index is 0.0146. The maximum atomic E-state index is 10.9. The van der Waals surface area contributed by atoms with E-state index < -0.39 is 0 Å². The van der Waals surface area contributed by atoms with Gasteiger partial charge in [-0.25, -0.2) is 0 Å². The molecular weight excluding hydrogens is 126 g/mol. The second-order valence-corrected chi connectivity index (χ2v) is 3.40. The van der Waals surface area contributed by atoms with Crippen molar-refractivity contribution in [2.75, 3.05) is 6.54 Å². The number of carbonyl (C=O) groups excluding carboxylic acids is 1. The van der Waals surface area contributed by atoms with Crippen LogP contribution in [0.3, 0.4) is 0 Å². The van der Waals surface area contributed by atoms with Gasteiger partial charge in [-0.15, -0.1) is 0 Å². The Morgan fingerprint density at radius 3 is 2.30 bits per heavy atom. The van der Waals surface area contributed by atoms with Gasteiger partial charge in [0.15, 0.2) is 0 Å². The average molecular weight is 142 g/mol. The summed E-state index contributed by atoms with van der Waals surface area (Å²) in [5.41, 5.74) is -0.0146. The highest BCUT2D eigenvalue weighted by molar-refractivity contribution is 5.85. The van der Waals surface area contributed by atoms with Crippen molar-refractivity contribution in [1.29, 1.82) is 0 Å². The molecule has 1 radical (unpaired) electrons. The maximum Gasteiger partial charge on any atom is 0.224 e. The van der Waals surface area contributed by atoms with Crippen molar-refractivity contribution in [3.05, 3.63) is 6.42 Å². The number of hydrogen-bond donors (Lipinski definition) is 1. The highest BCUT2D eigenvalue weighted by Crippen LogP contribution is 2.16. The predicted molar refractivity (Wildman–Crippen MR) is 42.4 cm³/mol. The molecular formula is C8H16NO. The number of amides is 1. The summed E-state index contributed by atoms with van der Waals surface area (Å²) in [7, 11) is 0. The molecule has 0 unspecified atom stereocenters. The zero-order chi connectivity index (χ0) is 8.20. The molecule has 0 atom stereocenters. The summed E-state index contributed by atoms with van der Waals surface area (Å²) in [6.07, 6.45) is 1.69. The summed E-state index contributed by atoms with van der Waals surface area (Å²) in [6, 6.07) is 0. The van der Waals surface area contributed by atoms with Crippen LogP contribution < -0.4 is 5.32 Å². The molecule has 0 aliphatic carbocycles. The second-order valence-electron chi connectivity index (χ2n) is 3.40. The third-order valence-electron chi connectivity index (χ3n) is 0.915. The van der Waals surface area contributed by atoms with Crippen molar-refractivity contribution < 1.29 is 4.79 Å². The van der Waals surface area contributed by atoms with E-state index in [2.05, 4.69) is 5.32 Å². The number of carbonyl (C=O) groups is 1. The summed E-state index contributed by atoms with van der Waals surface area (Å²) in [4.78, 5) is 10.9. The van der Waals surface area contributed by atoms with E-state index in [1.807, 2.05) is 27.7 Å². The van der Waals surface area contributed by atoms with E-state index in [1.165, 1.54) is 0 Å². The van der Waals surface area contributed by atoms with Crippen molar-refractivity contribution in [2.24, 2.45) is 5.41 Å². The van der Waals surface area contributed by atoms with Gasteiger partial charge < -0.3 is 5.32 Å². The zero-order valence-electron chi connectivity index (χ0n) is 7.19. The molecule has 1 N–H and O–H groups in total. The summed E-state index contributed by atoms with van der Waals surface area (Å²) in [5, 5.41) is 2.71. The Hall–Kier alpha value is -0.530. The smallest absolute Gasteiger partial charge is 0.224 e. The Morgan fingerprint density at radius 2 is 2.00 bits per heavy atom. The van der Waals surface area contributed by atoms with Crippen LogP contribution in [0.2, 0.25) is 0 Å². The van der Waals surface area contributed by atoms with Crippen LogP contribution in [-0.4, -0.2) is 12.5 Å². The highest BCUT2D eigenvalue weighted by atomic mass is 16.1. The van der Waals surface area contributed by atoms with Gasteiger partial charge in [0.1, 0.15) is 0 Å². The van der Waals surface area contributed by atoms with E-state index in [0.29, 0.717) is 6.54 Å². The third kappa shape index (κ3) is 5.60. The fourth-order valence-corrected chi connectivity index (χ4v) is 0.619. The van der Waals surface area contributed by atoms with Crippen molar-refractivity contribution in [1.82, 2.24) is 5.32 Å². The minimum Gasteiger partial charge on any atom is -0.356 e. The molecule has 0 aliphatic rings. The van der Waals surface area contributed by atoms with E-state index >= 15 is 0 Å². The van der Waals surface area contributed by atoms with E-state index in [0.717, 1.165) is 0 Å². The van der Waals surface area contributed by atoms with Crippen molar-refractivity contribution in [3.63, 3.8) is 0 Å². The van der Waals surface area contributed by atoms with Gasteiger partial charge in [-0.05, 0) is 12.3 Å². The van der Waals surface area contributed by atoms with E-state index in [9.17, 15) is 4.79 Å². The van der Waals surface area contributed by atoms with Crippen LogP contribution in [0, 0.1) is 11.8 Å². The van der Waals surface area contributed by atoms with Crippen LogP contribution in [0.25, 0.3) is 0 Å². The van der Waals surface area contributed by atoms with Crippen molar-refractivity contribution in [2.45, 2.75) is 27.7 Å². The molecule has 0 saturated heterocycles. The predicted octanol–water partition coefficient (Wildman–Crippen LogP) is 1.37. The van der Waals surface area contributed by atoms with Gasteiger partial charge in [0.25, 0.3) is 0 Å². The lowest BCUT2D eigenvalue weighted by Crippen LogP contribution is -2.27. The number of hydrogen-bond acceptors (Lipinski definition) is 1. The molecule has 0 aliphatic heterocycles. The lowest BCUT2D eigenvalue weighted by molar-refractivity contribution is -0.118. The quantitative estimate of drug-likeness (QED) is 0.620. The Bertz CT molecular complexity index is 113. The largest absolute Gasteiger partial charge is 0.356 e. The topological polar surface area (TPSA) is 29.1 Å². The SMILES string of the molecule is CCNC(=O)[CH]C(C)(C)C. The first kappa shape index (κ1) is 9.47. The van der Waals surface area contributed by atoms with Crippen molar-refractivity contribution in [3.8, 4) is 0 Å². The fourth-order valence-electron chi connectivity index (χ4n) is 0.619. The van der Waals surface area contributed by atoms with E-state index in [4.69, 9.17) is 0 Å². The standard InChI is InChI=1S/C8H16NO/c1-5-9-7(10)6-8(2,3)4/h6H,5H2,1-4H3,(H,9,10). The van der Waals surface area contributed by atoms with Crippen LogP contribution in [0.5, 0.6) is 0 Å². The summed E-state index contributed by atoms with van der Waals surface area (Å²) < 4.78 is 0. The van der Waals surface area contributed by atoms with Gasteiger partial charge >= 0.3 is 0 Å². The van der Waals surface area contributed by atoms with E-state index in [1.54, 1.807) is 6.42 Å². The Morgan fingerprint density at radius 1 is 1.50 bits per heavy atom. The third-order valence-corrected chi connectivity index (χ3v) is 0.915. The van der Waals surface area contributed by atoms with Crippen LogP contribution >= 0.6 is 0 Å². The molecule has 59 valence electrons. The van der Waals surface area contributed by atoms with Crippen LogP contribution in [0.15, 0.2) is 0 Å². The molecule has 0 fully saturated rings. The average Bonchev–Trinajstić information content (AvgIpc) is 1.59. The molecule has 1 amide bonds. The molecule has 0 rings (SSSR count). The summed E-state index contributed by atoms with van der Waals surface area (Å²) in [6.45, 7) is 8.62. The van der Waals surface area contributed by atoms with Crippen molar-refractivity contribution >= 4 is 5.91 Å². The van der Waals surface area contributed by atoms with Gasteiger partial charge in [0.05, 0.1) is 6.42 Å². The molecule has 2 nitrogen and oxygen atoms in total. The molecule has 0 aromatic rings. The van der Waals surface area contributed by atoms with E-state index in [-0.39, 0.29) is 11.3 Å². The highest BCUT2D eigenvalue weighted by Gasteiger charge is 2.15. The molecule has 0 heterocycles. The molecule has 0 saturated carbocycles. The Balaban J connectivity index is 3.58. The monoisotopic (exact) mass is 142 g/mol. The number of rotatable bonds is 2. The fraction of sp³-hybridized carbons (Fsp3) is 0.750. The molecule has 0 bridgehead atoms. The summed E-state index contributed by atoms with van der Waals surface area (Å²) in [5.74, 6) is 0.0231. The first-order valence-corrected chi connectivity index (χ1v) is 3.59. The zero-order valence-corrected chi connectivity index (χ0v) is 7.19. The molecule has 2 heteroatoms. The van der Waals surface area contributed by atoms with Crippen LogP contribution in [0.1, 0.15) is 27.7 Å². The molecule has 0 aromatic heterocycles. The lowest BCUT2D eigenvalue weighted by atomic mass is 9.92. The Labute approximate surface area is 63.0 Å². The molecule has 0 spiro atoms. The lowest BCUT2D eigenvalue weighted by Gasteiger charge is -2.15. The first-order chi connectivity index (χ1) is 4.45. The number of nitrogens with one attached hydrogen (secondary N) is 1. The van der Waals surface area contributed by atoms with Gasteiger partial charge in [0, 0.05) is 6.54 Å². The molecule has 10 heavy (non-hydrogen) atoms. The minimum atomic E-state index is -0.0146. The van der Waals surface area contributed by atoms with Gasteiger partial charge in [0.2, 0.25) is 5.91 Å². The van der Waals surface area contributed by atoms with Crippen LogP contribution in [0.4, 0.5) is 0 Å². The van der Waals surface area contributed by atoms with Crippen LogP contribution in [-0.2, 0) is 4.79 Å².